The van der Waals surface area contributed by atoms with Crippen molar-refractivity contribution in [2.45, 2.75) is 50.4 Å². The number of likely N-dealkylation sites (tertiary alicyclic amines) is 1. The molecule has 2 saturated heterocycles. The van der Waals surface area contributed by atoms with Crippen LogP contribution in [0.1, 0.15) is 61.6 Å². The molecule has 1 spiro atoms. The Hall–Kier alpha value is -2.90. The van der Waals surface area contributed by atoms with Gasteiger partial charge in [-0.15, -0.1) is 0 Å². The molecule has 1 aliphatic carbocycles. The molecule has 2 aromatic rings. The molecule has 31 heavy (non-hydrogen) atoms. The largest absolute Gasteiger partial charge is 0.453 e. The number of nitrogens with zero attached hydrogens (tertiary/aromatic N) is 3. The summed E-state index contributed by atoms with van der Waals surface area (Å²) in [6.07, 6.45) is 4.99. The molecule has 0 bridgehead atoms. The summed E-state index contributed by atoms with van der Waals surface area (Å²) in [4.78, 5) is 37.4. The van der Waals surface area contributed by atoms with Crippen molar-refractivity contribution in [1.29, 1.82) is 0 Å². The molecule has 1 saturated carbocycles. The number of rotatable bonds is 2. The zero-order valence-corrected chi connectivity index (χ0v) is 18.0. The van der Waals surface area contributed by atoms with E-state index in [9.17, 15) is 14.4 Å². The monoisotopic (exact) mass is 424 g/mol. The average molecular weight is 425 g/mol. The number of aromatic nitrogens is 2. The van der Waals surface area contributed by atoms with E-state index in [2.05, 4.69) is 28.6 Å². The Labute approximate surface area is 180 Å². The number of amides is 3. The van der Waals surface area contributed by atoms with E-state index >= 15 is 0 Å². The minimum absolute atomic E-state index is 0.208. The lowest BCUT2D eigenvalue weighted by atomic mass is 9.56. The highest BCUT2D eigenvalue weighted by Gasteiger charge is 2.47. The molecule has 1 aromatic carbocycles. The van der Waals surface area contributed by atoms with Crippen molar-refractivity contribution < 1.29 is 19.1 Å². The van der Waals surface area contributed by atoms with Gasteiger partial charge in [-0.05, 0) is 55.1 Å². The summed E-state index contributed by atoms with van der Waals surface area (Å²) in [7, 11) is 3.35. The third-order valence-corrected chi connectivity index (χ3v) is 7.56. The molecule has 3 heterocycles. The highest BCUT2D eigenvalue weighted by molar-refractivity contribution is 6.02. The van der Waals surface area contributed by atoms with Gasteiger partial charge >= 0.3 is 6.09 Å². The van der Waals surface area contributed by atoms with E-state index in [4.69, 9.17) is 4.74 Å². The number of ether oxygens (including phenoxy) is 1. The van der Waals surface area contributed by atoms with Crippen LogP contribution < -0.4 is 5.32 Å². The first kappa shape index (κ1) is 20.0. The third-order valence-electron chi connectivity index (χ3n) is 7.56. The van der Waals surface area contributed by atoms with Crippen LogP contribution >= 0.6 is 0 Å². The Bertz CT molecular complexity index is 1060. The minimum Gasteiger partial charge on any atom is -0.453 e. The van der Waals surface area contributed by atoms with Crippen molar-refractivity contribution in [1.82, 2.24) is 20.0 Å². The molecule has 8 nitrogen and oxygen atoms in total. The van der Waals surface area contributed by atoms with E-state index in [0.29, 0.717) is 24.2 Å². The molecule has 1 unspecified atom stereocenters. The number of hydrogen-bond donors (Lipinski definition) is 1. The van der Waals surface area contributed by atoms with E-state index in [1.165, 1.54) is 12.7 Å². The van der Waals surface area contributed by atoms with Crippen LogP contribution in [0.25, 0.3) is 10.9 Å². The molecular formula is C23H28N4O4. The normalized spacial score (nSPS) is 23.7. The summed E-state index contributed by atoms with van der Waals surface area (Å²) in [5.41, 5.74) is 3.44. The maximum absolute atomic E-state index is 12.3. The standard InChI is InChI=1S/C23H28N4O4/c1-26-18-11-14(15-12-23(13-15)7-9-27(10-8-23)22(30)31-2)3-4-16(18)20(25-26)17-5-6-19(28)24-21(17)29/h3-4,11,15,17H,5-10,12-13H2,1-2H3,(H,24,28,29). The summed E-state index contributed by atoms with van der Waals surface area (Å²) in [5.74, 6) is -0.318. The van der Waals surface area contributed by atoms with Gasteiger partial charge in [0.25, 0.3) is 0 Å². The van der Waals surface area contributed by atoms with Crippen molar-refractivity contribution in [2.24, 2.45) is 12.5 Å². The third kappa shape index (κ3) is 3.38. The van der Waals surface area contributed by atoms with Gasteiger partial charge in [0.05, 0.1) is 24.2 Å². The molecule has 8 heteroatoms. The number of methoxy groups -OCH3 is 1. The molecule has 2 aliphatic heterocycles. The van der Waals surface area contributed by atoms with Crippen molar-refractivity contribution in [3.05, 3.63) is 29.5 Å². The molecule has 1 atom stereocenters. The average Bonchev–Trinajstić information content (AvgIpc) is 3.07. The summed E-state index contributed by atoms with van der Waals surface area (Å²) in [6, 6.07) is 6.46. The number of aryl methyl sites for hydroxylation is 1. The van der Waals surface area contributed by atoms with Crippen molar-refractivity contribution in [3.8, 4) is 0 Å². The van der Waals surface area contributed by atoms with E-state index < -0.39 is 0 Å². The number of piperidine rings is 2. The van der Waals surface area contributed by atoms with Gasteiger partial charge < -0.3 is 9.64 Å². The van der Waals surface area contributed by atoms with E-state index in [1.54, 1.807) is 4.90 Å². The number of carbonyl (C=O) groups excluding carboxylic acids is 3. The van der Waals surface area contributed by atoms with Crippen LogP contribution in [-0.4, -0.2) is 52.8 Å². The fourth-order valence-electron chi connectivity index (χ4n) is 5.69. The summed E-state index contributed by atoms with van der Waals surface area (Å²) >= 11 is 0. The number of carbonyl (C=O) groups is 3. The van der Waals surface area contributed by atoms with Gasteiger partial charge in [0, 0.05) is 31.9 Å². The minimum atomic E-state index is -0.376. The second-order valence-electron chi connectivity index (χ2n) is 9.35. The maximum Gasteiger partial charge on any atom is 0.409 e. The lowest BCUT2D eigenvalue weighted by molar-refractivity contribution is -0.134. The number of fused-ring (bicyclic) bond motifs is 1. The Morgan fingerprint density at radius 2 is 1.97 bits per heavy atom. The Morgan fingerprint density at radius 1 is 1.23 bits per heavy atom. The molecule has 1 aromatic heterocycles. The van der Waals surface area contributed by atoms with Crippen LogP contribution in [0.2, 0.25) is 0 Å². The maximum atomic E-state index is 12.3. The molecule has 164 valence electrons. The van der Waals surface area contributed by atoms with Crippen LogP contribution in [0.5, 0.6) is 0 Å². The van der Waals surface area contributed by atoms with Gasteiger partial charge in [-0.3, -0.25) is 19.6 Å². The first-order valence-corrected chi connectivity index (χ1v) is 11.0. The number of nitrogens with one attached hydrogen (secondary N) is 1. The number of hydrogen-bond acceptors (Lipinski definition) is 5. The van der Waals surface area contributed by atoms with Gasteiger partial charge in [0.2, 0.25) is 11.8 Å². The van der Waals surface area contributed by atoms with Crippen LogP contribution in [0.3, 0.4) is 0 Å². The lowest BCUT2D eigenvalue weighted by Crippen LogP contribution is -2.48. The first-order chi connectivity index (χ1) is 14.9. The summed E-state index contributed by atoms with van der Waals surface area (Å²) in [6.45, 7) is 1.55. The fourth-order valence-corrected chi connectivity index (χ4v) is 5.69. The Morgan fingerprint density at radius 3 is 2.65 bits per heavy atom. The summed E-state index contributed by atoms with van der Waals surface area (Å²) in [5, 5.41) is 8.07. The fraction of sp³-hybridized carbons (Fsp3) is 0.565. The number of imide groups is 1. The predicted octanol–water partition coefficient (Wildman–Crippen LogP) is 2.82. The zero-order chi connectivity index (χ0) is 21.8. The highest BCUT2D eigenvalue weighted by Crippen LogP contribution is 2.56. The Balaban J connectivity index is 1.31. The summed E-state index contributed by atoms with van der Waals surface area (Å²) < 4.78 is 6.70. The number of benzene rings is 1. The second-order valence-corrected chi connectivity index (χ2v) is 9.35. The molecule has 1 N–H and O–H groups in total. The van der Waals surface area contributed by atoms with Crippen molar-refractivity contribution >= 4 is 28.8 Å². The van der Waals surface area contributed by atoms with Crippen molar-refractivity contribution in [3.63, 3.8) is 0 Å². The molecule has 3 aliphatic rings. The topological polar surface area (TPSA) is 93.5 Å². The van der Waals surface area contributed by atoms with Crippen LogP contribution in [0.15, 0.2) is 18.2 Å². The van der Waals surface area contributed by atoms with Crippen molar-refractivity contribution in [2.75, 3.05) is 20.2 Å². The van der Waals surface area contributed by atoms with Gasteiger partial charge in [0.15, 0.2) is 0 Å². The van der Waals surface area contributed by atoms with E-state index in [-0.39, 0.29) is 23.8 Å². The Kier molecular flexibility index (Phi) is 4.75. The lowest BCUT2D eigenvalue weighted by Gasteiger charge is -2.52. The molecule has 5 rings (SSSR count). The van der Waals surface area contributed by atoms with Crippen LogP contribution in [0.4, 0.5) is 4.79 Å². The van der Waals surface area contributed by atoms with E-state index in [1.807, 2.05) is 11.7 Å². The molecular weight excluding hydrogens is 396 g/mol. The smallest absolute Gasteiger partial charge is 0.409 e. The van der Waals surface area contributed by atoms with E-state index in [0.717, 1.165) is 55.4 Å². The first-order valence-electron chi connectivity index (χ1n) is 11.0. The highest BCUT2D eigenvalue weighted by atomic mass is 16.5. The van der Waals surface area contributed by atoms with Crippen LogP contribution in [0, 0.1) is 5.41 Å². The van der Waals surface area contributed by atoms with Crippen LogP contribution in [-0.2, 0) is 21.4 Å². The predicted molar refractivity (Wildman–Crippen MR) is 113 cm³/mol. The second kappa shape index (κ2) is 7.35. The van der Waals surface area contributed by atoms with Gasteiger partial charge in [0.1, 0.15) is 0 Å². The molecule has 0 radical (unpaired) electrons. The van der Waals surface area contributed by atoms with Gasteiger partial charge in [-0.2, -0.15) is 5.10 Å². The van der Waals surface area contributed by atoms with Gasteiger partial charge in [-0.1, -0.05) is 12.1 Å². The van der Waals surface area contributed by atoms with Gasteiger partial charge in [-0.25, -0.2) is 4.79 Å². The molecule has 3 amide bonds. The molecule has 3 fully saturated rings. The zero-order valence-electron chi connectivity index (χ0n) is 18.0. The SMILES string of the molecule is COC(=O)N1CCC2(CC1)CC(c1ccc3c(C4CCC(=O)NC4=O)nn(C)c3c1)C2. The quantitative estimate of drug-likeness (QED) is 0.749.